The average Bonchev–Trinajstić information content (AvgIpc) is 3.21. The molecule has 0 N–H and O–H groups in total. The van der Waals surface area contributed by atoms with Crippen LogP contribution in [0.25, 0.3) is 0 Å². The molecule has 32 heavy (non-hydrogen) atoms. The first-order chi connectivity index (χ1) is 15.5. The summed E-state index contributed by atoms with van der Waals surface area (Å²) in [5.41, 5.74) is 2.85. The highest BCUT2D eigenvalue weighted by Gasteiger charge is 2.29. The first-order valence-electron chi connectivity index (χ1n) is 10.7. The van der Waals surface area contributed by atoms with Crippen molar-refractivity contribution in [2.45, 2.75) is 48.7 Å². The number of carbonyl (C=O) groups excluding carboxylic acids is 1. The lowest BCUT2D eigenvalue weighted by Crippen LogP contribution is -2.44. The molecule has 3 aromatic rings. The third-order valence-electron chi connectivity index (χ3n) is 5.76. The van der Waals surface area contributed by atoms with E-state index in [2.05, 4.69) is 22.3 Å². The van der Waals surface area contributed by atoms with Crippen molar-refractivity contribution in [2.24, 2.45) is 7.05 Å². The Morgan fingerprint density at radius 2 is 2.06 bits per heavy atom. The summed E-state index contributed by atoms with van der Waals surface area (Å²) >= 11 is 1.16. The van der Waals surface area contributed by atoms with Gasteiger partial charge in [0.1, 0.15) is 6.33 Å². The number of hydrogen-bond donors (Lipinski definition) is 0. The largest absolute Gasteiger partial charge is 0.335 e. The number of rotatable bonds is 7. The standard InChI is InChI=1S/C23H25N5O3S/c1-3-12-27(19-10-8-16-6-4-5-7-17(16)13-19)22(29)18-9-11-21(20(14-18)28(30)31)32-23-25-24-15-26(23)2/h4-7,9,11,14-15,19H,3,8,10,12-13H2,1-2H3. The van der Waals surface area contributed by atoms with Gasteiger partial charge in [-0.05, 0) is 60.7 Å². The van der Waals surface area contributed by atoms with E-state index in [9.17, 15) is 14.9 Å². The van der Waals surface area contributed by atoms with Gasteiger partial charge in [0.05, 0.1) is 9.82 Å². The minimum atomic E-state index is -0.448. The van der Waals surface area contributed by atoms with E-state index in [0.717, 1.165) is 37.4 Å². The molecule has 0 saturated carbocycles. The topological polar surface area (TPSA) is 94.2 Å². The van der Waals surface area contributed by atoms with E-state index in [-0.39, 0.29) is 17.6 Å². The second kappa shape index (κ2) is 9.52. The number of hydrogen-bond acceptors (Lipinski definition) is 6. The summed E-state index contributed by atoms with van der Waals surface area (Å²) in [6, 6.07) is 13.1. The maximum atomic E-state index is 13.5. The minimum Gasteiger partial charge on any atom is -0.335 e. The number of fused-ring (bicyclic) bond motifs is 1. The third-order valence-corrected chi connectivity index (χ3v) is 6.88. The Balaban J connectivity index is 1.61. The number of nitro groups is 1. The van der Waals surface area contributed by atoms with Crippen LogP contribution < -0.4 is 0 Å². The van der Waals surface area contributed by atoms with E-state index in [4.69, 9.17) is 0 Å². The van der Waals surface area contributed by atoms with Crippen LogP contribution in [0.3, 0.4) is 0 Å². The Kier molecular flexibility index (Phi) is 6.55. The molecular formula is C23H25N5O3S. The van der Waals surface area contributed by atoms with Crippen molar-refractivity contribution in [3.63, 3.8) is 0 Å². The number of amides is 1. The minimum absolute atomic E-state index is 0.0871. The highest BCUT2D eigenvalue weighted by molar-refractivity contribution is 7.99. The predicted octanol–water partition coefficient (Wildman–Crippen LogP) is 4.28. The summed E-state index contributed by atoms with van der Waals surface area (Å²) in [6.45, 7) is 2.66. The Hall–Kier alpha value is -3.20. The SMILES string of the molecule is CCCN(C(=O)c1ccc(Sc2nncn2C)c([N+](=O)[O-])c1)C1CCc2ccccc2C1. The van der Waals surface area contributed by atoms with Gasteiger partial charge in [-0.2, -0.15) is 0 Å². The van der Waals surface area contributed by atoms with Crippen molar-refractivity contribution in [3.05, 3.63) is 75.6 Å². The molecule has 8 nitrogen and oxygen atoms in total. The highest BCUT2D eigenvalue weighted by atomic mass is 32.2. The summed E-state index contributed by atoms with van der Waals surface area (Å²) in [4.78, 5) is 27.1. The molecule has 2 aromatic carbocycles. The lowest BCUT2D eigenvalue weighted by Gasteiger charge is -2.35. The van der Waals surface area contributed by atoms with Crippen molar-refractivity contribution in [2.75, 3.05) is 6.54 Å². The molecule has 0 aliphatic heterocycles. The van der Waals surface area contributed by atoms with Crippen molar-refractivity contribution < 1.29 is 9.72 Å². The van der Waals surface area contributed by atoms with Gasteiger partial charge in [-0.15, -0.1) is 10.2 Å². The zero-order chi connectivity index (χ0) is 22.7. The molecule has 1 aliphatic carbocycles. The van der Waals surface area contributed by atoms with Gasteiger partial charge >= 0.3 is 0 Å². The number of aryl methyl sites for hydroxylation is 2. The Morgan fingerprint density at radius 1 is 1.28 bits per heavy atom. The normalized spacial score (nSPS) is 15.2. The molecule has 1 atom stereocenters. The average molecular weight is 452 g/mol. The van der Waals surface area contributed by atoms with Gasteiger partial charge in [0.2, 0.25) is 0 Å². The van der Waals surface area contributed by atoms with E-state index >= 15 is 0 Å². The Labute approximate surface area is 190 Å². The monoisotopic (exact) mass is 451 g/mol. The van der Waals surface area contributed by atoms with Gasteiger partial charge in [0.25, 0.3) is 11.6 Å². The summed E-state index contributed by atoms with van der Waals surface area (Å²) in [6.07, 6.45) is 5.00. The van der Waals surface area contributed by atoms with Crippen LogP contribution in [0.2, 0.25) is 0 Å². The van der Waals surface area contributed by atoms with Crippen LogP contribution in [-0.4, -0.2) is 43.1 Å². The number of nitro benzene ring substituents is 1. The molecule has 0 radical (unpaired) electrons. The summed E-state index contributed by atoms with van der Waals surface area (Å²) < 4.78 is 1.69. The van der Waals surface area contributed by atoms with E-state index in [1.165, 1.54) is 23.5 Å². The van der Waals surface area contributed by atoms with E-state index in [0.29, 0.717) is 22.2 Å². The number of carbonyl (C=O) groups is 1. The summed E-state index contributed by atoms with van der Waals surface area (Å²) in [7, 11) is 1.77. The van der Waals surface area contributed by atoms with E-state index < -0.39 is 4.92 Å². The first-order valence-corrected chi connectivity index (χ1v) is 11.5. The fourth-order valence-electron chi connectivity index (χ4n) is 4.14. The smallest absolute Gasteiger partial charge is 0.284 e. The number of aromatic nitrogens is 3. The molecule has 0 fully saturated rings. The van der Waals surface area contributed by atoms with Gasteiger partial charge < -0.3 is 9.47 Å². The van der Waals surface area contributed by atoms with Crippen LogP contribution in [0.15, 0.2) is 58.8 Å². The maximum Gasteiger partial charge on any atom is 0.284 e. The van der Waals surface area contributed by atoms with Gasteiger partial charge in [-0.1, -0.05) is 31.2 Å². The third kappa shape index (κ3) is 4.52. The van der Waals surface area contributed by atoms with Crippen LogP contribution >= 0.6 is 11.8 Å². The Bertz CT molecular complexity index is 1150. The zero-order valence-electron chi connectivity index (χ0n) is 18.1. The molecule has 4 rings (SSSR count). The predicted molar refractivity (Wildman–Crippen MR) is 122 cm³/mol. The molecule has 0 spiro atoms. The van der Waals surface area contributed by atoms with Crippen LogP contribution in [-0.2, 0) is 19.9 Å². The second-order valence-corrected chi connectivity index (χ2v) is 8.94. The quantitative estimate of drug-likeness (QED) is 0.393. The molecule has 1 amide bonds. The summed E-state index contributed by atoms with van der Waals surface area (Å²) in [5.74, 6) is -0.158. The lowest BCUT2D eigenvalue weighted by atomic mass is 9.87. The fraction of sp³-hybridized carbons (Fsp3) is 0.348. The van der Waals surface area contributed by atoms with E-state index in [1.54, 1.807) is 23.7 Å². The zero-order valence-corrected chi connectivity index (χ0v) is 18.9. The second-order valence-electron chi connectivity index (χ2n) is 7.93. The van der Waals surface area contributed by atoms with Crippen molar-refractivity contribution in [1.82, 2.24) is 19.7 Å². The molecule has 1 aromatic heterocycles. The van der Waals surface area contributed by atoms with Crippen molar-refractivity contribution in [3.8, 4) is 0 Å². The number of benzene rings is 2. The molecular weight excluding hydrogens is 426 g/mol. The summed E-state index contributed by atoms with van der Waals surface area (Å²) in [5, 5.41) is 20.1. The number of nitrogens with zero attached hydrogens (tertiary/aromatic N) is 5. The molecule has 0 bridgehead atoms. The van der Waals surface area contributed by atoms with Crippen LogP contribution in [0.1, 0.15) is 41.3 Å². The molecule has 9 heteroatoms. The molecule has 1 unspecified atom stereocenters. The van der Waals surface area contributed by atoms with Crippen molar-refractivity contribution in [1.29, 1.82) is 0 Å². The van der Waals surface area contributed by atoms with Crippen LogP contribution in [0.4, 0.5) is 5.69 Å². The van der Waals surface area contributed by atoms with Gasteiger partial charge in [0, 0.05) is 31.3 Å². The van der Waals surface area contributed by atoms with Crippen LogP contribution in [0, 0.1) is 10.1 Å². The van der Waals surface area contributed by atoms with Gasteiger partial charge in [-0.3, -0.25) is 14.9 Å². The maximum absolute atomic E-state index is 13.5. The van der Waals surface area contributed by atoms with Crippen LogP contribution in [0.5, 0.6) is 0 Å². The fourth-order valence-corrected chi connectivity index (χ4v) is 4.99. The van der Waals surface area contributed by atoms with Gasteiger partial charge in [-0.25, -0.2) is 0 Å². The Morgan fingerprint density at radius 3 is 2.75 bits per heavy atom. The molecule has 1 heterocycles. The van der Waals surface area contributed by atoms with Crippen molar-refractivity contribution >= 4 is 23.4 Å². The van der Waals surface area contributed by atoms with Gasteiger partial charge in [0.15, 0.2) is 5.16 Å². The molecule has 0 saturated heterocycles. The molecule has 1 aliphatic rings. The first kappa shape index (κ1) is 22.0. The molecule has 166 valence electrons. The lowest BCUT2D eigenvalue weighted by molar-refractivity contribution is -0.387. The highest BCUT2D eigenvalue weighted by Crippen LogP contribution is 2.35. The van der Waals surface area contributed by atoms with E-state index in [1.807, 2.05) is 24.0 Å².